The Hall–Kier alpha value is -2.48. The fourth-order valence-corrected chi connectivity index (χ4v) is 4.29. The summed E-state index contributed by atoms with van der Waals surface area (Å²) in [5, 5.41) is 3.78. The van der Waals surface area contributed by atoms with Crippen LogP contribution in [-0.4, -0.2) is 4.57 Å². The molecule has 5 rings (SSSR count). The predicted octanol–water partition coefficient (Wildman–Crippen LogP) is 4.42. The first-order valence-electron chi connectivity index (χ1n) is 7.97. The van der Waals surface area contributed by atoms with Crippen LogP contribution in [0.15, 0.2) is 72.9 Å². The van der Waals surface area contributed by atoms with Crippen molar-refractivity contribution in [3.63, 3.8) is 0 Å². The van der Waals surface area contributed by atoms with Gasteiger partial charge in [-0.2, -0.15) is 0 Å². The molecule has 0 spiro atoms. The van der Waals surface area contributed by atoms with Crippen LogP contribution in [-0.2, 0) is 6.54 Å². The number of anilines is 1. The molecule has 0 saturated heterocycles. The Kier molecular flexibility index (Phi) is 2.48. The fourth-order valence-electron chi connectivity index (χ4n) is 4.29. The summed E-state index contributed by atoms with van der Waals surface area (Å²) in [5.41, 5.74) is 5.56. The minimum absolute atomic E-state index is 0.412. The third-order valence-corrected chi connectivity index (χ3v) is 5.21. The van der Waals surface area contributed by atoms with Crippen LogP contribution in [0.1, 0.15) is 28.8 Å². The number of aromatic nitrogens is 1. The van der Waals surface area contributed by atoms with E-state index in [1.807, 2.05) is 0 Å². The van der Waals surface area contributed by atoms with Crippen molar-refractivity contribution in [1.82, 2.24) is 4.57 Å². The van der Waals surface area contributed by atoms with E-state index in [4.69, 9.17) is 0 Å². The second-order valence-electron chi connectivity index (χ2n) is 6.35. The van der Waals surface area contributed by atoms with Gasteiger partial charge in [0.25, 0.3) is 0 Å². The SMILES string of the molecule is c1ccc(C2c3ccccc3N[C@H]3c4cccn4C[C@@H]23)cc1. The van der Waals surface area contributed by atoms with Crippen LogP contribution in [0.5, 0.6) is 0 Å². The van der Waals surface area contributed by atoms with Gasteiger partial charge in [-0.15, -0.1) is 0 Å². The monoisotopic (exact) mass is 286 g/mol. The smallest absolute Gasteiger partial charge is 0.0719 e. The van der Waals surface area contributed by atoms with Crippen molar-refractivity contribution < 1.29 is 0 Å². The molecule has 0 bridgehead atoms. The molecule has 3 atom stereocenters. The van der Waals surface area contributed by atoms with Crippen LogP contribution in [0.4, 0.5) is 5.69 Å². The van der Waals surface area contributed by atoms with E-state index in [1.54, 1.807) is 0 Å². The lowest BCUT2D eigenvalue weighted by Crippen LogP contribution is -2.29. The fraction of sp³-hybridized carbons (Fsp3) is 0.200. The van der Waals surface area contributed by atoms with E-state index in [1.165, 1.54) is 22.5 Å². The van der Waals surface area contributed by atoms with Crippen molar-refractivity contribution in [2.45, 2.75) is 18.5 Å². The molecule has 1 aromatic heterocycles. The quantitative estimate of drug-likeness (QED) is 0.701. The summed E-state index contributed by atoms with van der Waals surface area (Å²) in [4.78, 5) is 0. The predicted molar refractivity (Wildman–Crippen MR) is 89.0 cm³/mol. The summed E-state index contributed by atoms with van der Waals surface area (Å²) in [6.45, 7) is 1.09. The van der Waals surface area contributed by atoms with E-state index in [-0.39, 0.29) is 0 Å². The zero-order valence-corrected chi connectivity index (χ0v) is 12.3. The lowest BCUT2D eigenvalue weighted by molar-refractivity contribution is 0.401. The maximum atomic E-state index is 3.78. The number of benzene rings is 2. The first kappa shape index (κ1) is 12.1. The van der Waals surface area contributed by atoms with Crippen LogP contribution >= 0.6 is 0 Å². The van der Waals surface area contributed by atoms with Gasteiger partial charge < -0.3 is 9.88 Å². The van der Waals surface area contributed by atoms with Crippen LogP contribution in [0, 0.1) is 5.92 Å². The number of rotatable bonds is 1. The third kappa shape index (κ3) is 1.61. The summed E-state index contributed by atoms with van der Waals surface area (Å²) >= 11 is 0. The molecule has 0 aliphatic carbocycles. The van der Waals surface area contributed by atoms with Gasteiger partial charge in [0.15, 0.2) is 0 Å². The number of nitrogens with one attached hydrogen (secondary N) is 1. The van der Waals surface area contributed by atoms with Gasteiger partial charge in [0.05, 0.1) is 6.04 Å². The normalized spacial score (nSPS) is 25.0. The highest BCUT2D eigenvalue weighted by Gasteiger charge is 2.42. The molecular weight excluding hydrogens is 268 g/mol. The zero-order valence-electron chi connectivity index (χ0n) is 12.3. The van der Waals surface area contributed by atoms with Gasteiger partial charge >= 0.3 is 0 Å². The van der Waals surface area contributed by atoms with Gasteiger partial charge in [-0.3, -0.25) is 0 Å². The second kappa shape index (κ2) is 4.51. The Morgan fingerprint density at radius 2 is 1.68 bits per heavy atom. The molecule has 2 aliphatic heterocycles. The maximum Gasteiger partial charge on any atom is 0.0719 e. The van der Waals surface area contributed by atoms with E-state index in [0.29, 0.717) is 17.9 Å². The lowest BCUT2D eigenvalue weighted by Gasteiger charge is -2.37. The van der Waals surface area contributed by atoms with Crippen LogP contribution < -0.4 is 5.32 Å². The Morgan fingerprint density at radius 3 is 2.59 bits per heavy atom. The van der Waals surface area contributed by atoms with Crippen molar-refractivity contribution in [2.75, 3.05) is 5.32 Å². The summed E-state index contributed by atoms with van der Waals surface area (Å²) in [5.74, 6) is 1.04. The molecule has 2 heteroatoms. The van der Waals surface area contributed by atoms with Gasteiger partial charge in [0.2, 0.25) is 0 Å². The minimum atomic E-state index is 0.412. The molecule has 0 amide bonds. The van der Waals surface area contributed by atoms with Crippen LogP contribution in [0.3, 0.4) is 0 Å². The van der Waals surface area contributed by atoms with Crippen molar-refractivity contribution in [2.24, 2.45) is 5.92 Å². The van der Waals surface area contributed by atoms with Gasteiger partial charge in [-0.25, -0.2) is 0 Å². The van der Waals surface area contributed by atoms with Gasteiger partial charge in [0, 0.05) is 36.0 Å². The lowest BCUT2D eigenvalue weighted by atomic mass is 9.74. The third-order valence-electron chi connectivity index (χ3n) is 5.21. The molecule has 0 radical (unpaired) electrons. The Labute approximate surface area is 130 Å². The van der Waals surface area contributed by atoms with E-state index in [0.717, 1.165) is 6.54 Å². The van der Waals surface area contributed by atoms with E-state index in [2.05, 4.69) is 82.8 Å². The Balaban J connectivity index is 1.70. The van der Waals surface area contributed by atoms with Crippen molar-refractivity contribution in [3.05, 3.63) is 89.7 Å². The van der Waals surface area contributed by atoms with Gasteiger partial charge in [-0.05, 0) is 29.3 Å². The molecule has 108 valence electrons. The van der Waals surface area contributed by atoms with Crippen molar-refractivity contribution >= 4 is 5.69 Å². The molecule has 1 N–H and O–H groups in total. The minimum Gasteiger partial charge on any atom is -0.376 e. The van der Waals surface area contributed by atoms with Crippen molar-refractivity contribution in [3.8, 4) is 0 Å². The number of fused-ring (bicyclic) bond motifs is 4. The number of hydrogen-bond donors (Lipinski definition) is 1. The molecule has 3 aromatic rings. The van der Waals surface area contributed by atoms with E-state index >= 15 is 0 Å². The highest BCUT2D eigenvalue weighted by Crippen LogP contribution is 2.51. The molecule has 3 heterocycles. The largest absolute Gasteiger partial charge is 0.376 e. The molecule has 22 heavy (non-hydrogen) atoms. The number of para-hydroxylation sites is 1. The standard InChI is InChI=1S/C20H18N2/c1-2-7-14(8-3-1)19-15-9-4-5-10-17(15)21-20-16(19)13-22-12-6-11-18(20)22/h1-12,16,19-21H,13H2/t16-,19?,20+/m0/s1. The Bertz CT molecular complexity index is 818. The summed E-state index contributed by atoms with van der Waals surface area (Å²) in [6, 6.07) is 24.6. The van der Waals surface area contributed by atoms with Gasteiger partial charge in [0.1, 0.15) is 0 Å². The molecule has 2 aromatic carbocycles. The summed E-state index contributed by atoms with van der Waals surface area (Å²) < 4.78 is 2.41. The highest BCUT2D eigenvalue weighted by molar-refractivity contribution is 5.60. The number of hydrogen-bond acceptors (Lipinski definition) is 1. The first-order chi connectivity index (χ1) is 10.9. The number of nitrogens with zero attached hydrogens (tertiary/aromatic N) is 1. The highest BCUT2D eigenvalue weighted by atomic mass is 15.1. The topological polar surface area (TPSA) is 17.0 Å². The van der Waals surface area contributed by atoms with Crippen LogP contribution in [0.2, 0.25) is 0 Å². The molecule has 0 saturated carbocycles. The Morgan fingerprint density at radius 1 is 0.864 bits per heavy atom. The molecule has 0 fully saturated rings. The molecule has 2 aliphatic rings. The zero-order chi connectivity index (χ0) is 14.5. The average molecular weight is 286 g/mol. The van der Waals surface area contributed by atoms with E-state index in [9.17, 15) is 0 Å². The summed E-state index contributed by atoms with van der Waals surface area (Å²) in [7, 11) is 0. The van der Waals surface area contributed by atoms with Crippen LogP contribution in [0.25, 0.3) is 0 Å². The van der Waals surface area contributed by atoms with Crippen molar-refractivity contribution in [1.29, 1.82) is 0 Å². The second-order valence-corrected chi connectivity index (χ2v) is 6.35. The molecular formula is C20H18N2. The van der Waals surface area contributed by atoms with E-state index < -0.39 is 0 Å². The first-order valence-corrected chi connectivity index (χ1v) is 7.97. The maximum absolute atomic E-state index is 3.78. The molecule has 1 unspecified atom stereocenters. The van der Waals surface area contributed by atoms with Gasteiger partial charge in [-0.1, -0.05) is 48.5 Å². The summed E-state index contributed by atoms with van der Waals surface area (Å²) in [6.07, 6.45) is 2.21. The average Bonchev–Trinajstić information content (AvgIpc) is 3.15. The molecule has 2 nitrogen and oxygen atoms in total.